The minimum Gasteiger partial charge on any atom is -0.478 e. The second-order valence-corrected chi connectivity index (χ2v) is 6.73. The van der Waals surface area contributed by atoms with Crippen LogP contribution in [0.15, 0.2) is 52.4 Å². The van der Waals surface area contributed by atoms with E-state index < -0.39 is 5.97 Å². The van der Waals surface area contributed by atoms with E-state index >= 15 is 0 Å². The van der Waals surface area contributed by atoms with Gasteiger partial charge in [-0.25, -0.2) is 9.79 Å². The van der Waals surface area contributed by atoms with Gasteiger partial charge in [-0.1, -0.05) is 29.8 Å². The molecule has 0 spiro atoms. The predicted molar refractivity (Wildman–Crippen MR) is 100 cm³/mol. The molecule has 1 aliphatic heterocycles. The number of benzene rings is 2. The van der Waals surface area contributed by atoms with E-state index in [4.69, 9.17) is 16.7 Å². The van der Waals surface area contributed by atoms with Crippen molar-refractivity contribution in [3.05, 3.63) is 69.1 Å². The maximum atomic E-state index is 12.1. The molecular weight excluding hydrogens is 360 g/mol. The number of aromatic carboxylic acids is 1. The van der Waals surface area contributed by atoms with Gasteiger partial charge in [-0.15, -0.1) is 0 Å². The van der Waals surface area contributed by atoms with Gasteiger partial charge in [0.1, 0.15) is 0 Å². The summed E-state index contributed by atoms with van der Waals surface area (Å²) in [5.74, 6) is -1.23. The molecule has 0 saturated carbocycles. The SMILES string of the molecule is Cc1c(Cl)cccc1N=C1NC(=O)/C(=C\c2ccc(C(=O)O)cc2)S1. The van der Waals surface area contributed by atoms with E-state index in [1.165, 1.54) is 23.9 Å². The summed E-state index contributed by atoms with van der Waals surface area (Å²) in [6, 6.07) is 11.7. The fourth-order valence-corrected chi connectivity index (χ4v) is 3.18. The van der Waals surface area contributed by atoms with E-state index in [1.54, 1.807) is 30.3 Å². The number of carboxylic acids is 1. The first kappa shape index (κ1) is 17.3. The Bertz CT molecular complexity index is 920. The van der Waals surface area contributed by atoms with Crippen molar-refractivity contribution >= 4 is 52.2 Å². The highest BCUT2D eigenvalue weighted by molar-refractivity contribution is 8.18. The van der Waals surface area contributed by atoms with Gasteiger partial charge in [0, 0.05) is 5.02 Å². The fraction of sp³-hybridized carbons (Fsp3) is 0.0556. The van der Waals surface area contributed by atoms with Crippen LogP contribution in [0.2, 0.25) is 5.02 Å². The van der Waals surface area contributed by atoms with Gasteiger partial charge in [-0.2, -0.15) is 0 Å². The summed E-state index contributed by atoms with van der Waals surface area (Å²) in [7, 11) is 0. The number of rotatable bonds is 3. The molecule has 25 heavy (non-hydrogen) atoms. The zero-order valence-electron chi connectivity index (χ0n) is 13.1. The highest BCUT2D eigenvalue weighted by Crippen LogP contribution is 2.31. The van der Waals surface area contributed by atoms with Crippen molar-refractivity contribution in [3.63, 3.8) is 0 Å². The summed E-state index contributed by atoms with van der Waals surface area (Å²) in [4.78, 5) is 27.9. The summed E-state index contributed by atoms with van der Waals surface area (Å²) < 4.78 is 0. The number of halogens is 1. The molecule has 2 aromatic rings. The number of carbonyl (C=O) groups excluding carboxylic acids is 1. The molecule has 1 aliphatic rings. The number of aliphatic imine (C=N–C) groups is 1. The van der Waals surface area contributed by atoms with E-state index in [1.807, 2.05) is 13.0 Å². The first-order valence-electron chi connectivity index (χ1n) is 7.32. The Labute approximate surface area is 153 Å². The monoisotopic (exact) mass is 372 g/mol. The van der Waals surface area contributed by atoms with Crippen LogP contribution in [-0.2, 0) is 4.79 Å². The van der Waals surface area contributed by atoms with Gasteiger partial charge in [0.15, 0.2) is 5.17 Å². The fourth-order valence-electron chi connectivity index (χ4n) is 2.18. The number of amidine groups is 1. The Morgan fingerprint density at radius 3 is 2.64 bits per heavy atom. The van der Waals surface area contributed by atoms with Crippen LogP contribution in [0, 0.1) is 6.92 Å². The molecule has 5 nitrogen and oxygen atoms in total. The van der Waals surface area contributed by atoms with Crippen LogP contribution >= 0.6 is 23.4 Å². The Morgan fingerprint density at radius 1 is 1.24 bits per heavy atom. The first-order valence-corrected chi connectivity index (χ1v) is 8.51. The van der Waals surface area contributed by atoms with Crippen LogP contribution in [0.4, 0.5) is 5.69 Å². The molecule has 0 bridgehead atoms. The van der Waals surface area contributed by atoms with Crippen LogP contribution in [0.25, 0.3) is 6.08 Å². The Kier molecular flexibility index (Phi) is 4.92. The minimum atomic E-state index is -0.988. The number of nitrogens with one attached hydrogen (secondary N) is 1. The third-order valence-corrected chi connectivity index (χ3v) is 4.89. The molecule has 0 radical (unpaired) electrons. The van der Waals surface area contributed by atoms with E-state index in [-0.39, 0.29) is 11.5 Å². The molecule has 1 fully saturated rings. The number of hydrogen-bond acceptors (Lipinski definition) is 4. The van der Waals surface area contributed by atoms with Crippen molar-refractivity contribution in [2.45, 2.75) is 6.92 Å². The quantitative estimate of drug-likeness (QED) is 0.790. The average Bonchev–Trinajstić information content (AvgIpc) is 2.92. The van der Waals surface area contributed by atoms with Gasteiger partial charge in [-0.05, 0) is 60.2 Å². The van der Waals surface area contributed by atoms with E-state index in [0.717, 1.165) is 11.1 Å². The van der Waals surface area contributed by atoms with Gasteiger partial charge >= 0.3 is 5.97 Å². The second kappa shape index (κ2) is 7.13. The number of thioether (sulfide) groups is 1. The van der Waals surface area contributed by atoms with Gasteiger partial charge in [0.2, 0.25) is 0 Å². The van der Waals surface area contributed by atoms with E-state index in [9.17, 15) is 9.59 Å². The van der Waals surface area contributed by atoms with E-state index in [2.05, 4.69) is 10.3 Å². The number of hydrogen-bond donors (Lipinski definition) is 2. The molecule has 1 saturated heterocycles. The van der Waals surface area contributed by atoms with Crippen LogP contribution in [0.1, 0.15) is 21.5 Å². The lowest BCUT2D eigenvalue weighted by atomic mass is 10.1. The molecule has 0 aromatic heterocycles. The van der Waals surface area contributed by atoms with Crippen molar-refractivity contribution in [1.82, 2.24) is 5.32 Å². The third kappa shape index (κ3) is 3.92. The molecule has 0 atom stereocenters. The number of carbonyl (C=O) groups is 2. The molecule has 1 heterocycles. The molecule has 0 unspecified atom stereocenters. The summed E-state index contributed by atoms with van der Waals surface area (Å²) in [6.45, 7) is 1.87. The highest BCUT2D eigenvalue weighted by Gasteiger charge is 2.24. The van der Waals surface area contributed by atoms with Gasteiger partial charge in [0.25, 0.3) is 5.91 Å². The topological polar surface area (TPSA) is 78.8 Å². The average molecular weight is 373 g/mol. The smallest absolute Gasteiger partial charge is 0.335 e. The second-order valence-electron chi connectivity index (χ2n) is 5.29. The van der Waals surface area contributed by atoms with E-state index in [0.29, 0.717) is 20.8 Å². The molecule has 0 aliphatic carbocycles. The standard InChI is InChI=1S/C18H13ClN2O3S/c1-10-13(19)3-2-4-14(10)20-18-21-16(22)15(25-18)9-11-5-7-12(8-6-11)17(23)24/h2-9H,1H3,(H,23,24)(H,20,21,22)/b15-9+. The Morgan fingerprint density at radius 2 is 1.96 bits per heavy atom. The van der Waals surface area contributed by atoms with Gasteiger partial charge < -0.3 is 10.4 Å². The largest absolute Gasteiger partial charge is 0.478 e. The van der Waals surface area contributed by atoms with Crippen molar-refractivity contribution in [1.29, 1.82) is 0 Å². The lowest BCUT2D eigenvalue weighted by molar-refractivity contribution is -0.115. The number of carboxylic acid groups (broad SMARTS) is 1. The minimum absolute atomic E-state index is 0.198. The number of amides is 1. The van der Waals surface area contributed by atoms with Gasteiger partial charge in [-0.3, -0.25) is 4.79 Å². The number of nitrogens with zero attached hydrogens (tertiary/aromatic N) is 1. The van der Waals surface area contributed by atoms with Crippen molar-refractivity contribution in [2.75, 3.05) is 0 Å². The molecule has 126 valence electrons. The molecule has 3 rings (SSSR count). The molecular formula is C18H13ClN2O3S. The summed E-state index contributed by atoms with van der Waals surface area (Å²) in [6.07, 6.45) is 1.69. The van der Waals surface area contributed by atoms with Crippen molar-refractivity contribution < 1.29 is 14.7 Å². The summed E-state index contributed by atoms with van der Waals surface area (Å²) in [5.41, 5.74) is 2.47. The zero-order chi connectivity index (χ0) is 18.0. The maximum absolute atomic E-state index is 12.1. The normalized spacial score (nSPS) is 17.1. The molecule has 1 amide bonds. The Hall–Kier alpha value is -2.57. The third-order valence-electron chi connectivity index (χ3n) is 3.57. The first-order chi connectivity index (χ1) is 11.9. The van der Waals surface area contributed by atoms with Crippen LogP contribution in [-0.4, -0.2) is 22.2 Å². The van der Waals surface area contributed by atoms with Crippen molar-refractivity contribution in [2.24, 2.45) is 4.99 Å². The zero-order valence-corrected chi connectivity index (χ0v) is 14.7. The predicted octanol–water partition coefficient (Wildman–Crippen LogP) is 4.24. The van der Waals surface area contributed by atoms with Gasteiger partial charge in [0.05, 0.1) is 16.2 Å². The highest BCUT2D eigenvalue weighted by atomic mass is 35.5. The molecule has 2 N–H and O–H groups in total. The lowest BCUT2D eigenvalue weighted by Gasteiger charge is -2.02. The summed E-state index contributed by atoms with van der Waals surface area (Å²) in [5, 5.41) is 12.7. The van der Waals surface area contributed by atoms with Crippen LogP contribution in [0.3, 0.4) is 0 Å². The van der Waals surface area contributed by atoms with Crippen LogP contribution in [0.5, 0.6) is 0 Å². The molecule has 7 heteroatoms. The maximum Gasteiger partial charge on any atom is 0.335 e. The molecule has 2 aromatic carbocycles. The van der Waals surface area contributed by atoms with Crippen molar-refractivity contribution in [3.8, 4) is 0 Å². The lowest BCUT2D eigenvalue weighted by Crippen LogP contribution is -2.19. The van der Waals surface area contributed by atoms with Crippen LogP contribution < -0.4 is 5.32 Å². The summed E-state index contributed by atoms with van der Waals surface area (Å²) >= 11 is 7.31. The Balaban J connectivity index is 1.83.